The average molecular weight is 380 g/mol. The Bertz CT molecular complexity index is 548. The normalized spacial score (nSPS) is 20.2. The van der Waals surface area contributed by atoms with Crippen molar-refractivity contribution >= 4 is 36.4 Å². The maximum Gasteiger partial charge on any atom is 0.239 e. The summed E-state index contributed by atoms with van der Waals surface area (Å²) in [6, 6.07) is 4.99. The van der Waals surface area contributed by atoms with Gasteiger partial charge in [-0.15, -0.1) is 24.8 Å². The van der Waals surface area contributed by atoms with Gasteiger partial charge in [0.2, 0.25) is 5.91 Å². The third-order valence-corrected chi connectivity index (χ3v) is 4.45. The zero-order valence-corrected chi connectivity index (χ0v) is 15.3. The molecule has 1 amide bonds. The molecule has 0 bridgehead atoms. The SMILES string of the molecule is COc1ccc(N2CCN(C(=O)[C@@H]3CCCN3)CC2)cc1F.Cl.Cl. The van der Waals surface area contributed by atoms with Gasteiger partial charge in [-0.25, -0.2) is 4.39 Å². The highest BCUT2D eigenvalue weighted by Gasteiger charge is 2.29. The van der Waals surface area contributed by atoms with Crippen LogP contribution >= 0.6 is 24.8 Å². The lowest BCUT2D eigenvalue weighted by Crippen LogP contribution is -2.53. The van der Waals surface area contributed by atoms with E-state index in [4.69, 9.17) is 4.74 Å². The number of methoxy groups -OCH3 is 1. The number of nitrogens with zero attached hydrogens (tertiary/aromatic N) is 2. The van der Waals surface area contributed by atoms with E-state index in [1.807, 2.05) is 11.0 Å². The Labute approximate surface area is 154 Å². The van der Waals surface area contributed by atoms with Crippen molar-refractivity contribution in [3.05, 3.63) is 24.0 Å². The largest absolute Gasteiger partial charge is 0.494 e. The predicted molar refractivity (Wildman–Crippen MR) is 97.3 cm³/mol. The van der Waals surface area contributed by atoms with E-state index in [1.165, 1.54) is 13.2 Å². The second kappa shape index (κ2) is 9.30. The molecule has 2 aliphatic rings. The first-order chi connectivity index (χ1) is 10.7. The van der Waals surface area contributed by atoms with Crippen molar-refractivity contribution in [2.24, 2.45) is 0 Å². The van der Waals surface area contributed by atoms with Crippen molar-refractivity contribution in [3.63, 3.8) is 0 Å². The third kappa shape index (κ3) is 4.43. The van der Waals surface area contributed by atoms with Gasteiger partial charge >= 0.3 is 0 Å². The Morgan fingerprint density at radius 2 is 1.96 bits per heavy atom. The first kappa shape index (κ1) is 20.8. The summed E-state index contributed by atoms with van der Waals surface area (Å²) in [4.78, 5) is 16.4. The lowest BCUT2D eigenvalue weighted by Gasteiger charge is -2.37. The van der Waals surface area contributed by atoms with Gasteiger partial charge in [-0.3, -0.25) is 4.79 Å². The van der Waals surface area contributed by atoms with Crippen LogP contribution in [0.3, 0.4) is 0 Å². The first-order valence-corrected chi connectivity index (χ1v) is 7.79. The van der Waals surface area contributed by atoms with Crippen LogP contribution in [0.1, 0.15) is 12.8 Å². The molecule has 1 atom stereocenters. The highest BCUT2D eigenvalue weighted by molar-refractivity contribution is 5.85. The van der Waals surface area contributed by atoms with Crippen LogP contribution in [0.2, 0.25) is 0 Å². The number of hydrogen-bond donors (Lipinski definition) is 1. The van der Waals surface area contributed by atoms with Gasteiger partial charge in [-0.05, 0) is 31.5 Å². The number of anilines is 1. The molecule has 0 aromatic heterocycles. The number of hydrogen-bond acceptors (Lipinski definition) is 4. The molecule has 1 N–H and O–H groups in total. The van der Waals surface area contributed by atoms with E-state index in [1.54, 1.807) is 6.07 Å². The van der Waals surface area contributed by atoms with E-state index in [2.05, 4.69) is 10.2 Å². The third-order valence-electron chi connectivity index (χ3n) is 4.45. The summed E-state index contributed by atoms with van der Waals surface area (Å²) >= 11 is 0. The Balaban J connectivity index is 0.00000144. The van der Waals surface area contributed by atoms with Crippen molar-refractivity contribution in [3.8, 4) is 5.75 Å². The molecule has 2 fully saturated rings. The molecule has 0 unspecified atom stereocenters. The predicted octanol–water partition coefficient (Wildman–Crippen LogP) is 2.08. The monoisotopic (exact) mass is 379 g/mol. The van der Waals surface area contributed by atoms with Crippen LogP contribution in [-0.4, -0.2) is 56.7 Å². The van der Waals surface area contributed by atoms with E-state index < -0.39 is 0 Å². The Morgan fingerprint density at radius 1 is 1.25 bits per heavy atom. The number of piperazine rings is 1. The molecule has 136 valence electrons. The molecule has 0 saturated carbocycles. The minimum absolute atomic E-state index is 0. The van der Waals surface area contributed by atoms with E-state index in [0.29, 0.717) is 13.1 Å². The molecule has 0 radical (unpaired) electrons. The standard InChI is InChI=1S/C16H22FN3O2.2ClH/c1-22-15-5-4-12(11-13(15)17)19-7-9-20(10-8-19)16(21)14-3-2-6-18-14;;/h4-5,11,14,18H,2-3,6-10H2,1H3;2*1H/t14-;;/m0../s1. The van der Waals surface area contributed by atoms with Crippen LogP contribution in [0.5, 0.6) is 5.75 Å². The minimum atomic E-state index is -0.353. The second-order valence-electron chi connectivity index (χ2n) is 5.78. The van der Waals surface area contributed by atoms with Gasteiger partial charge in [0.05, 0.1) is 13.2 Å². The second-order valence-corrected chi connectivity index (χ2v) is 5.78. The number of carbonyl (C=O) groups excluding carboxylic acids is 1. The highest BCUT2D eigenvalue weighted by atomic mass is 35.5. The van der Waals surface area contributed by atoms with Crippen LogP contribution in [0.15, 0.2) is 18.2 Å². The summed E-state index contributed by atoms with van der Waals surface area (Å²) in [5.41, 5.74) is 0.837. The number of rotatable bonds is 3. The van der Waals surface area contributed by atoms with Crippen molar-refractivity contribution in [1.29, 1.82) is 0 Å². The number of benzene rings is 1. The summed E-state index contributed by atoms with van der Waals surface area (Å²) < 4.78 is 18.7. The number of carbonyl (C=O) groups is 1. The van der Waals surface area contributed by atoms with E-state index in [0.717, 1.165) is 38.2 Å². The van der Waals surface area contributed by atoms with Gasteiger partial charge in [-0.1, -0.05) is 0 Å². The molecular weight excluding hydrogens is 356 g/mol. The molecule has 1 aromatic rings. The fourth-order valence-electron chi connectivity index (χ4n) is 3.15. The van der Waals surface area contributed by atoms with Gasteiger partial charge in [0.25, 0.3) is 0 Å². The fraction of sp³-hybridized carbons (Fsp3) is 0.562. The van der Waals surface area contributed by atoms with E-state index in [9.17, 15) is 9.18 Å². The summed E-state index contributed by atoms with van der Waals surface area (Å²) in [5.74, 6) is 0.108. The molecular formula is C16H24Cl2FN3O2. The Morgan fingerprint density at radius 3 is 2.50 bits per heavy atom. The van der Waals surface area contributed by atoms with Gasteiger partial charge in [-0.2, -0.15) is 0 Å². The highest BCUT2D eigenvalue weighted by Crippen LogP contribution is 2.24. The molecule has 2 heterocycles. The van der Waals surface area contributed by atoms with Crippen LogP contribution in [-0.2, 0) is 4.79 Å². The number of halogens is 3. The van der Waals surface area contributed by atoms with Gasteiger partial charge in [0.1, 0.15) is 0 Å². The van der Waals surface area contributed by atoms with E-state index >= 15 is 0 Å². The quantitative estimate of drug-likeness (QED) is 0.872. The minimum Gasteiger partial charge on any atom is -0.494 e. The van der Waals surface area contributed by atoms with E-state index in [-0.39, 0.29) is 48.3 Å². The van der Waals surface area contributed by atoms with Crippen molar-refractivity contribution in [2.45, 2.75) is 18.9 Å². The maximum atomic E-state index is 13.8. The molecule has 24 heavy (non-hydrogen) atoms. The average Bonchev–Trinajstić information content (AvgIpc) is 3.09. The van der Waals surface area contributed by atoms with Gasteiger partial charge in [0.15, 0.2) is 11.6 Å². The van der Waals surface area contributed by atoms with Crippen molar-refractivity contribution in [2.75, 3.05) is 44.7 Å². The zero-order chi connectivity index (χ0) is 15.5. The molecule has 8 heteroatoms. The zero-order valence-electron chi connectivity index (χ0n) is 13.7. The van der Waals surface area contributed by atoms with Crippen LogP contribution < -0.4 is 15.0 Å². The summed E-state index contributed by atoms with van der Waals surface area (Å²) in [7, 11) is 1.46. The Hall–Kier alpha value is -1.24. The van der Waals surface area contributed by atoms with Crippen molar-refractivity contribution < 1.29 is 13.9 Å². The number of amides is 1. The van der Waals surface area contributed by atoms with Crippen LogP contribution in [0, 0.1) is 5.82 Å². The maximum absolute atomic E-state index is 13.8. The van der Waals surface area contributed by atoms with Crippen LogP contribution in [0.4, 0.5) is 10.1 Å². The fourth-order valence-corrected chi connectivity index (χ4v) is 3.15. The van der Waals surface area contributed by atoms with Crippen molar-refractivity contribution in [1.82, 2.24) is 10.2 Å². The number of ether oxygens (including phenoxy) is 1. The Kier molecular flexibility index (Phi) is 8.06. The lowest BCUT2D eigenvalue weighted by atomic mass is 10.1. The van der Waals surface area contributed by atoms with Crippen LogP contribution in [0.25, 0.3) is 0 Å². The lowest BCUT2D eigenvalue weighted by molar-refractivity contribution is -0.133. The molecule has 2 saturated heterocycles. The summed E-state index contributed by atoms with van der Waals surface area (Å²) in [6.07, 6.45) is 2.00. The molecule has 3 rings (SSSR count). The molecule has 0 aliphatic carbocycles. The summed E-state index contributed by atoms with van der Waals surface area (Å²) in [5, 5.41) is 3.25. The molecule has 5 nitrogen and oxygen atoms in total. The topological polar surface area (TPSA) is 44.8 Å². The van der Waals surface area contributed by atoms with Gasteiger partial charge in [0, 0.05) is 37.9 Å². The molecule has 0 spiro atoms. The smallest absolute Gasteiger partial charge is 0.239 e. The van der Waals surface area contributed by atoms with Gasteiger partial charge < -0.3 is 19.9 Å². The summed E-state index contributed by atoms with van der Waals surface area (Å²) in [6.45, 7) is 3.76. The first-order valence-electron chi connectivity index (χ1n) is 7.79. The molecule has 2 aliphatic heterocycles. The number of nitrogens with one attached hydrogen (secondary N) is 1. The molecule has 1 aromatic carbocycles.